The number of esters is 1. The maximum atomic E-state index is 13.0. The van der Waals surface area contributed by atoms with Crippen molar-refractivity contribution in [3.8, 4) is 6.07 Å². The summed E-state index contributed by atoms with van der Waals surface area (Å²) < 4.78 is 35.7. The van der Waals surface area contributed by atoms with Crippen LogP contribution in [-0.4, -0.2) is 43.5 Å². The zero-order valence-corrected chi connectivity index (χ0v) is 20.7. The average Bonchev–Trinajstić information content (AvgIpc) is 3.38. The Morgan fingerprint density at radius 2 is 1.73 bits per heavy atom. The normalized spacial score (nSPS) is 28.4. The number of nitrogens with two attached hydrogens (primary N) is 1. The lowest BCUT2D eigenvalue weighted by atomic mass is 9.81. The summed E-state index contributed by atoms with van der Waals surface area (Å²) in [5, 5.41) is 10.3. The van der Waals surface area contributed by atoms with E-state index in [9.17, 15) is 10.1 Å². The fourth-order valence-corrected chi connectivity index (χ4v) is 4.98. The van der Waals surface area contributed by atoms with E-state index in [1.54, 1.807) is 26.0 Å². The van der Waals surface area contributed by atoms with Gasteiger partial charge in [-0.3, -0.25) is 0 Å². The lowest BCUT2D eigenvalue weighted by Crippen LogP contribution is -2.44. The van der Waals surface area contributed by atoms with E-state index in [2.05, 4.69) is 6.07 Å². The lowest BCUT2D eigenvalue weighted by Gasteiger charge is -2.34. The molecular formula is C28H28N2O7. The predicted octanol–water partition coefficient (Wildman–Crippen LogP) is 3.37. The van der Waals surface area contributed by atoms with Gasteiger partial charge in [0.25, 0.3) is 0 Å². The molecule has 2 aromatic rings. The number of carbonyl (C=O) groups is 1. The van der Waals surface area contributed by atoms with Crippen molar-refractivity contribution in [1.29, 1.82) is 5.26 Å². The van der Waals surface area contributed by atoms with Gasteiger partial charge in [-0.05, 0) is 19.4 Å². The second kappa shape index (κ2) is 10.00. The predicted molar refractivity (Wildman–Crippen MR) is 130 cm³/mol. The minimum Gasteiger partial charge on any atom is -0.465 e. The monoisotopic (exact) mass is 504 g/mol. The van der Waals surface area contributed by atoms with Gasteiger partial charge < -0.3 is 34.2 Å². The van der Waals surface area contributed by atoms with Crippen molar-refractivity contribution in [2.45, 2.75) is 50.8 Å². The molecule has 2 saturated heterocycles. The first-order valence-electron chi connectivity index (χ1n) is 11.9. The molecule has 0 saturated carbocycles. The largest absolute Gasteiger partial charge is 0.465 e. The Hall–Kier alpha value is -3.68. The highest BCUT2D eigenvalue weighted by Gasteiger charge is 2.59. The highest BCUT2D eigenvalue weighted by molar-refractivity contribution is 5.92. The minimum absolute atomic E-state index is 0.0173. The molecule has 192 valence electrons. The van der Waals surface area contributed by atoms with E-state index in [0.717, 1.165) is 5.56 Å². The number of ether oxygens (including phenoxy) is 6. The molecule has 0 radical (unpaired) electrons. The maximum absolute atomic E-state index is 13.0. The van der Waals surface area contributed by atoms with E-state index in [1.165, 1.54) is 7.11 Å². The van der Waals surface area contributed by atoms with Gasteiger partial charge in [0.2, 0.25) is 5.88 Å². The van der Waals surface area contributed by atoms with Gasteiger partial charge >= 0.3 is 5.97 Å². The number of rotatable bonds is 6. The zero-order chi connectivity index (χ0) is 26.2. The molecule has 2 N–H and O–H groups in total. The summed E-state index contributed by atoms with van der Waals surface area (Å²) in [5.41, 5.74) is 8.00. The van der Waals surface area contributed by atoms with Crippen molar-refractivity contribution < 1.29 is 33.2 Å². The molecule has 2 fully saturated rings. The summed E-state index contributed by atoms with van der Waals surface area (Å²) in [6.45, 7) is 3.84. The quantitative estimate of drug-likeness (QED) is 0.590. The number of hydrogen-bond donors (Lipinski definition) is 1. The standard InChI is InChI=1S/C28H28N2O7/c1-28(2)36-24-23(33-15-16-10-6-4-7-11-16)22(35-27(24)37-28)19-18(14-29)21(17-12-8-5-9-13-17)34-25(30)20(19)26(31)32-3/h4-13,19,22-24,27H,15,30H2,1-3H3/t19-,22+,23-,24+,27+/m0/s1. The molecule has 9 heteroatoms. The molecule has 5 atom stereocenters. The molecule has 3 heterocycles. The van der Waals surface area contributed by atoms with E-state index in [4.69, 9.17) is 34.2 Å². The van der Waals surface area contributed by atoms with Crippen molar-refractivity contribution in [2.75, 3.05) is 7.11 Å². The number of carbonyl (C=O) groups excluding carboxylic acids is 1. The van der Waals surface area contributed by atoms with Crippen LogP contribution < -0.4 is 5.73 Å². The van der Waals surface area contributed by atoms with Crippen LogP contribution in [0, 0.1) is 17.2 Å². The first kappa shape index (κ1) is 25.0. The van der Waals surface area contributed by atoms with Gasteiger partial charge in [0.1, 0.15) is 23.9 Å². The molecule has 0 unspecified atom stereocenters. The van der Waals surface area contributed by atoms with Crippen LogP contribution in [0.5, 0.6) is 0 Å². The van der Waals surface area contributed by atoms with Crippen LogP contribution in [0.1, 0.15) is 25.0 Å². The molecule has 5 rings (SSSR count). The van der Waals surface area contributed by atoms with Gasteiger partial charge in [-0.2, -0.15) is 5.26 Å². The van der Waals surface area contributed by atoms with Gasteiger partial charge in [0.15, 0.2) is 17.8 Å². The Kier molecular flexibility index (Phi) is 6.75. The van der Waals surface area contributed by atoms with E-state index in [1.807, 2.05) is 48.5 Å². The van der Waals surface area contributed by atoms with Gasteiger partial charge in [-0.25, -0.2) is 4.79 Å². The Labute approximate surface area is 215 Å². The van der Waals surface area contributed by atoms with Crippen molar-refractivity contribution in [3.63, 3.8) is 0 Å². The lowest BCUT2D eigenvalue weighted by molar-refractivity contribution is -0.222. The molecule has 3 aliphatic heterocycles. The van der Waals surface area contributed by atoms with Crippen LogP contribution in [0.4, 0.5) is 0 Å². The number of benzene rings is 2. The van der Waals surface area contributed by atoms with Crippen LogP contribution in [-0.2, 0) is 39.8 Å². The van der Waals surface area contributed by atoms with Gasteiger partial charge in [0.05, 0.1) is 31.3 Å². The van der Waals surface area contributed by atoms with Crippen molar-refractivity contribution in [3.05, 3.63) is 88.8 Å². The molecule has 2 aromatic carbocycles. The number of methoxy groups -OCH3 is 1. The summed E-state index contributed by atoms with van der Waals surface area (Å²) in [6, 6.07) is 20.9. The second-order valence-electron chi connectivity index (χ2n) is 9.40. The van der Waals surface area contributed by atoms with Gasteiger partial charge in [0, 0.05) is 5.56 Å². The van der Waals surface area contributed by atoms with Crippen LogP contribution >= 0.6 is 0 Å². The van der Waals surface area contributed by atoms with Crippen molar-refractivity contribution in [2.24, 2.45) is 11.7 Å². The van der Waals surface area contributed by atoms with Crippen LogP contribution in [0.3, 0.4) is 0 Å². The fourth-order valence-electron chi connectivity index (χ4n) is 4.98. The highest BCUT2D eigenvalue weighted by Crippen LogP contribution is 2.47. The first-order valence-corrected chi connectivity index (χ1v) is 11.9. The number of nitriles is 1. The molecule has 37 heavy (non-hydrogen) atoms. The van der Waals surface area contributed by atoms with Crippen LogP contribution in [0.2, 0.25) is 0 Å². The molecular weight excluding hydrogens is 476 g/mol. The van der Waals surface area contributed by atoms with E-state index >= 15 is 0 Å². The first-order chi connectivity index (χ1) is 17.8. The third-order valence-electron chi connectivity index (χ3n) is 6.55. The summed E-state index contributed by atoms with van der Waals surface area (Å²) >= 11 is 0. The topological polar surface area (TPSA) is 122 Å². The molecule has 0 spiro atoms. The average molecular weight is 505 g/mol. The number of fused-ring (bicyclic) bond motifs is 1. The third-order valence-corrected chi connectivity index (χ3v) is 6.55. The Morgan fingerprint density at radius 1 is 1.05 bits per heavy atom. The second-order valence-corrected chi connectivity index (χ2v) is 9.40. The Balaban J connectivity index is 1.59. The summed E-state index contributed by atoms with van der Waals surface area (Å²) in [6.07, 6.45) is -2.95. The molecule has 9 nitrogen and oxygen atoms in total. The van der Waals surface area contributed by atoms with Crippen LogP contribution in [0.25, 0.3) is 5.76 Å². The molecule has 0 amide bonds. The maximum Gasteiger partial charge on any atom is 0.339 e. The van der Waals surface area contributed by atoms with E-state index in [0.29, 0.717) is 5.56 Å². The minimum atomic E-state index is -0.955. The van der Waals surface area contributed by atoms with E-state index in [-0.39, 0.29) is 29.4 Å². The number of nitrogens with zero attached hydrogens (tertiary/aromatic N) is 1. The molecule has 0 aromatic heterocycles. The smallest absolute Gasteiger partial charge is 0.339 e. The summed E-state index contributed by atoms with van der Waals surface area (Å²) in [4.78, 5) is 13.0. The third kappa shape index (κ3) is 4.72. The van der Waals surface area contributed by atoms with Gasteiger partial charge in [-0.15, -0.1) is 0 Å². The highest BCUT2D eigenvalue weighted by atomic mass is 16.8. The van der Waals surface area contributed by atoms with Gasteiger partial charge in [-0.1, -0.05) is 60.7 Å². The van der Waals surface area contributed by atoms with Crippen molar-refractivity contribution >= 4 is 11.7 Å². The number of hydrogen-bond acceptors (Lipinski definition) is 9. The van der Waals surface area contributed by atoms with Crippen molar-refractivity contribution in [1.82, 2.24) is 0 Å². The summed E-state index contributed by atoms with van der Waals surface area (Å²) in [5.74, 6) is -2.51. The Bertz CT molecular complexity index is 1270. The SMILES string of the molecule is COC(=O)C1=C(N)OC(c2ccccc2)=C(C#N)[C@@H]1[C@H]1O[C@@H]2OC(C)(C)O[C@@H]2[C@H]1OCc1ccccc1. The molecule has 0 aliphatic carbocycles. The summed E-state index contributed by atoms with van der Waals surface area (Å²) in [7, 11) is 1.24. The molecule has 0 bridgehead atoms. The zero-order valence-electron chi connectivity index (χ0n) is 20.7. The van der Waals surface area contributed by atoms with Crippen LogP contribution in [0.15, 0.2) is 77.7 Å². The van der Waals surface area contributed by atoms with E-state index < -0.39 is 42.3 Å². The Morgan fingerprint density at radius 3 is 2.38 bits per heavy atom. The molecule has 3 aliphatic rings. The fraction of sp³-hybridized carbons (Fsp3) is 0.357.